The quantitative estimate of drug-likeness (QED) is 0.928. The molecule has 19 heavy (non-hydrogen) atoms. The number of carbonyl (C=O) groups is 1. The van der Waals surface area contributed by atoms with E-state index in [9.17, 15) is 13.6 Å². The van der Waals surface area contributed by atoms with Gasteiger partial charge in [0, 0.05) is 30.1 Å². The van der Waals surface area contributed by atoms with Crippen LogP contribution in [-0.4, -0.2) is 35.5 Å². The molecule has 1 aliphatic rings. The van der Waals surface area contributed by atoms with E-state index in [2.05, 4.69) is 9.72 Å². The van der Waals surface area contributed by atoms with Gasteiger partial charge in [-0.15, -0.1) is 0 Å². The molecule has 0 saturated carbocycles. The van der Waals surface area contributed by atoms with Gasteiger partial charge in [-0.25, -0.2) is 0 Å². The van der Waals surface area contributed by atoms with Gasteiger partial charge in [0.1, 0.15) is 11.4 Å². The zero-order valence-corrected chi connectivity index (χ0v) is 10.0. The van der Waals surface area contributed by atoms with Crippen LogP contribution in [0.3, 0.4) is 0 Å². The van der Waals surface area contributed by atoms with E-state index in [1.807, 2.05) is 0 Å². The van der Waals surface area contributed by atoms with E-state index in [0.29, 0.717) is 11.2 Å². The molecule has 1 N–H and O–H groups in total. The van der Waals surface area contributed by atoms with Crippen LogP contribution in [0.1, 0.15) is 16.9 Å². The van der Waals surface area contributed by atoms with E-state index in [0.717, 1.165) is 24.9 Å². The lowest BCUT2D eigenvalue weighted by atomic mass is 10.2. The summed E-state index contributed by atoms with van der Waals surface area (Å²) in [6.45, 7) is -1.31. The maximum atomic E-state index is 12.1. The van der Waals surface area contributed by atoms with Crippen LogP contribution in [0.25, 0.3) is 10.9 Å². The molecule has 100 valence electrons. The molecule has 6 heteroatoms. The molecule has 0 atom stereocenters. The molecule has 0 unspecified atom stereocenters. The molecule has 0 aliphatic carbocycles. The Morgan fingerprint density at radius 3 is 2.74 bits per heavy atom. The summed E-state index contributed by atoms with van der Waals surface area (Å²) in [5.74, 6) is 0.0195. The zero-order valence-electron chi connectivity index (χ0n) is 10.0. The Morgan fingerprint density at radius 1 is 1.32 bits per heavy atom. The van der Waals surface area contributed by atoms with Gasteiger partial charge in [0.2, 0.25) is 0 Å². The molecule has 2 aromatic rings. The summed E-state index contributed by atoms with van der Waals surface area (Å²) in [4.78, 5) is 16.7. The first-order valence-corrected chi connectivity index (χ1v) is 6.00. The third kappa shape index (κ3) is 2.25. The third-order valence-corrected chi connectivity index (χ3v) is 3.19. The van der Waals surface area contributed by atoms with Crippen molar-refractivity contribution >= 4 is 16.8 Å². The average molecular weight is 266 g/mol. The molecule has 4 nitrogen and oxygen atoms in total. The van der Waals surface area contributed by atoms with Crippen LogP contribution in [0, 0.1) is 0 Å². The normalized spacial score (nSPS) is 14.8. The maximum Gasteiger partial charge on any atom is 0.387 e. The van der Waals surface area contributed by atoms with Crippen LogP contribution < -0.4 is 4.74 Å². The zero-order chi connectivity index (χ0) is 13.4. The molecule has 1 aliphatic heterocycles. The van der Waals surface area contributed by atoms with Crippen molar-refractivity contribution in [1.29, 1.82) is 0 Å². The second kappa shape index (κ2) is 4.53. The number of amides is 1. The van der Waals surface area contributed by atoms with E-state index in [1.165, 1.54) is 12.1 Å². The molecular weight excluding hydrogens is 254 g/mol. The smallest absolute Gasteiger partial charge is 0.387 e. The Hall–Kier alpha value is -2.11. The lowest BCUT2D eigenvalue weighted by Crippen LogP contribution is -2.42. The van der Waals surface area contributed by atoms with Gasteiger partial charge in [0.05, 0.1) is 0 Å². The van der Waals surface area contributed by atoms with E-state index < -0.39 is 6.61 Å². The van der Waals surface area contributed by atoms with Gasteiger partial charge in [-0.2, -0.15) is 8.78 Å². The average Bonchev–Trinajstić information content (AvgIpc) is 2.68. The highest BCUT2D eigenvalue weighted by atomic mass is 19.3. The number of H-pyrrole nitrogens is 1. The molecule has 1 amide bonds. The summed E-state index contributed by atoms with van der Waals surface area (Å²) in [5.41, 5.74) is 1.09. The number of hydrogen-bond acceptors (Lipinski definition) is 2. The second-order valence-electron chi connectivity index (χ2n) is 4.46. The fraction of sp³-hybridized carbons (Fsp3) is 0.308. The topological polar surface area (TPSA) is 45.3 Å². The summed E-state index contributed by atoms with van der Waals surface area (Å²) >= 11 is 0. The highest BCUT2D eigenvalue weighted by Crippen LogP contribution is 2.24. The molecular formula is C13H12F2N2O2. The molecule has 0 bridgehead atoms. The van der Waals surface area contributed by atoms with Crippen LogP contribution in [0.5, 0.6) is 5.75 Å². The van der Waals surface area contributed by atoms with Crippen LogP contribution >= 0.6 is 0 Å². The number of likely N-dealkylation sites (tertiary alicyclic amines) is 1. The summed E-state index contributed by atoms with van der Waals surface area (Å²) in [5, 5.41) is 0.797. The standard InChI is InChI=1S/C13H12F2N2O2/c14-13(15)19-9-3-2-8-6-11(16-10(8)7-9)12(18)17-4-1-5-17/h2-3,6-7,13,16H,1,4-5H2. The number of nitrogens with one attached hydrogen (secondary N) is 1. The van der Waals surface area contributed by atoms with E-state index in [1.54, 1.807) is 17.0 Å². The Bertz CT molecular complexity index is 620. The molecule has 3 rings (SSSR count). The lowest BCUT2D eigenvalue weighted by Gasteiger charge is -2.30. The number of nitrogens with zero attached hydrogens (tertiary/aromatic N) is 1. The van der Waals surface area contributed by atoms with Gasteiger partial charge < -0.3 is 14.6 Å². The molecule has 1 aromatic carbocycles. The first-order chi connectivity index (χ1) is 9.13. The minimum Gasteiger partial charge on any atom is -0.435 e. The van der Waals surface area contributed by atoms with Crippen molar-refractivity contribution in [2.75, 3.05) is 13.1 Å². The Morgan fingerprint density at radius 2 is 2.11 bits per heavy atom. The minimum atomic E-state index is -2.85. The largest absolute Gasteiger partial charge is 0.435 e. The van der Waals surface area contributed by atoms with Crippen molar-refractivity contribution in [1.82, 2.24) is 9.88 Å². The van der Waals surface area contributed by atoms with Crippen molar-refractivity contribution in [3.8, 4) is 5.75 Å². The number of ether oxygens (including phenoxy) is 1. The van der Waals surface area contributed by atoms with E-state index in [4.69, 9.17) is 0 Å². The van der Waals surface area contributed by atoms with Gasteiger partial charge >= 0.3 is 6.61 Å². The van der Waals surface area contributed by atoms with Crippen LogP contribution in [-0.2, 0) is 0 Å². The number of hydrogen-bond donors (Lipinski definition) is 1. The van der Waals surface area contributed by atoms with Crippen molar-refractivity contribution in [2.24, 2.45) is 0 Å². The van der Waals surface area contributed by atoms with Crippen molar-refractivity contribution in [3.05, 3.63) is 30.0 Å². The lowest BCUT2D eigenvalue weighted by molar-refractivity contribution is -0.0497. The summed E-state index contributed by atoms with van der Waals surface area (Å²) in [6.07, 6.45) is 1.03. The van der Waals surface area contributed by atoms with E-state index in [-0.39, 0.29) is 11.7 Å². The Balaban J connectivity index is 1.89. The highest BCUT2D eigenvalue weighted by molar-refractivity contribution is 5.98. The van der Waals surface area contributed by atoms with Crippen LogP contribution in [0.2, 0.25) is 0 Å². The number of benzene rings is 1. The molecule has 0 spiro atoms. The van der Waals surface area contributed by atoms with Crippen molar-refractivity contribution in [2.45, 2.75) is 13.0 Å². The Labute approximate surface area is 108 Å². The highest BCUT2D eigenvalue weighted by Gasteiger charge is 2.22. The summed E-state index contributed by atoms with van der Waals surface area (Å²) in [6, 6.07) is 6.30. The van der Waals surface area contributed by atoms with Gasteiger partial charge in [-0.05, 0) is 24.6 Å². The summed E-state index contributed by atoms with van der Waals surface area (Å²) < 4.78 is 28.6. The summed E-state index contributed by atoms with van der Waals surface area (Å²) in [7, 11) is 0. The fourth-order valence-corrected chi connectivity index (χ4v) is 2.09. The van der Waals surface area contributed by atoms with Gasteiger partial charge in [0.25, 0.3) is 5.91 Å². The van der Waals surface area contributed by atoms with E-state index >= 15 is 0 Å². The van der Waals surface area contributed by atoms with Crippen LogP contribution in [0.4, 0.5) is 8.78 Å². The number of fused-ring (bicyclic) bond motifs is 1. The SMILES string of the molecule is O=C(c1cc2ccc(OC(F)F)cc2[nH]1)N1CCC1. The monoisotopic (exact) mass is 266 g/mol. The Kier molecular flexibility index (Phi) is 2.85. The van der Waals surface area contributed by atoms with Gasteiger partial charge in [-0.1, -0.05) is 0 Å². The number of halogens is 2. The predicted molar refractivity (Wildman–Crippen MR) is 65.5 cm³/mol. The first-order valence-electron chi connectivity index (χ1n) is 6.00. The molecule has 1 saturated heterocycles. The van der Waals surface area contributed by atoms with Crippen molar-refractivity contribution in [3.63, 3.8) is 0 Å². The number of rotatable bonds is 3. The van der Waals surface area contributed by atoms with Gasteiger partial charge in [0.15, 0.2) is 0 Å². The number of aromatic nitrogens is 1. The molecule has 1 aromatic heterocycles. The maximum absolute atomic E-state index is 12.1. The molecule has 0 radical (unpaired) electrons. The second-order valence-corrected chi connectivity index (χ2v) is 4.46. The predicted octanol–water partition coefficient (Wildman–Crippen LogP) is 2.62. The fourth-order valence-electron chi connectivity index (χ4n) is 2.09. The third-order valence-electron chi connectivity index (χ3n) is 3.19. The molecule has 1 fully saturated rings. The van der Waals surface area contributed by atoms with Crippen molar-refractivity contribution < 1.29 is 18.3 Å². The number of alkyl halides is 2. The first kappa shape index (κ1) is 12.0. The molecule has 2 heterocycles. The van der Waals surface area contributed by atoms with Gasteiger partial charge in [-0.3, -0.25) is 4.79 Å². The van der Waals surface area contributed by atoms with Crippen LogP contribution in [0.15, 0.2) is 24.3 Å². The minimum absolute atomic E-state index is 0.0567. The number of carbonyl (C=O) groups excluding carboxylic acids is 1. The number of aromatic amines is 1.